The van der Waals surface area contributed by atoms with Crippen LogP contribution in [0.5, 0.6) is 0 Å². The maximum absolute atomic E-state index is 5.63. The molecule has 2 atom stereocenters. The summed E-state index contributed by atoms with van der Waals surface area (Å²) in [5, 5.41) is 3.52. The first-order chi connectivity index (χ1) is 10.3. The zero-order valence-corrected chi connectivity index (χ0v) is 14.4. The quantitative estimate of drug-likeness (QED) is 0.871. The van der Waals surface area contributed by atoms with Crippen LogP contribution in [0.15, 0.2) is 30.3 Å². The molecule has 1 N–H and O–H groups in total. The lowest BCUT2D eigenvalue weighted by Gasteiger charge is -2.35. The van der Waals surface area contributed by atoms with Gasteiger partial charge in [0.25, 0.3) is 0 Å². The summed E-state index contributed by atoms with van der Waals surface area (Å²) in [6, 6.07) is 11.5. The molecule has 0 bridgehead atoms. The molecule has 124 valence electrons. The minimum absolute atomic E-state index is 0. The molecular formula is C18H29ClN2O. The standard InChI is InChI=1S/C18H28N2O.ClH/c1-18(9-10-19-14-18)15-20(17-8-12-21-13-17)11-7-16-5-3-2-4-6-16;/h2-6,17,19H,7-15H2,1H3;1H. The van der Waals surface area contributed by atoms with E-state index in [2.05, 4.69) is 47.5 Å². The Labute approximate surface area is 140 Å². The largest absolute Gasteiger partial charge is 0.380 e. The van der Waals surface area contributed by atoms with Gasteiger partial charge in [-0.1, -0.05) is 37.3 Å². The molecule has 0 aromatic heterocycles. The average molecular weight is 325 g/mol. The third-order valence-electron chi connectivity index (χ3n) is 4.99. The molecule has 1 aromatic rings. The van der Waals surface area contributed by atoms with Gasteiger partial charge in [-0.15, -0.1) is 12.4 Å². The third kappa shape index (κ3) is 4.69. The van der Waals surface area contributed by atoms with Crippen molar-refractivity contribution in [3.63, 3.8) is 0 Å². The van der Waals surface area contributed by atoms with E-state index >= 15 is 0 Å². The first-order valence-corrected chi connectivity index (χ1v) is 8.32. The van der Waals surface area contributed by atoms with Gasteiger partial charge in [-0.25, -0.2) is 0 Å². The SMILES string of the molecule is CC1(CN(CCc2ccccc2)C2CCOC2)CCNC1.Cl. The van der Waals surface area contributed by atoms with Gasteiger partial charge >= 0.3 is 0 Å². The molecule has 0 saturated carbocycles. The van der Waals surface area contributed by atoms with Crippen LogP contribution >= 0.6 is 12.4 Å². The van der Waals surface area contributed by atoms with Gasteiger partial charge < -0.3 is 10.1 Å². The number of rotatable bonds is 6. The number of ether oxygens (including phenoxy) is 1. The predicted octanol–water partition coefficient (Wildman–Crippen LogP) is 2.74. The normalized spacial score (nSPS) is 28.0. The highest BCUT2D eigenvalue weighted by Gasteiger charge is 2.33. The molecule has 0 spiro atoms. The zero-order valence-electron chi connectivity index (χ0n) is 13.6. The van der Waals surface area contributed by atoms with Crippen LogP contribution in [0, 0.1) is 5.41 Å². The highest BCUT2D eigenvalue weighted by atomic mass is 35.5. The molecule has 2 heterocycles. The second-order valence-corrected chi connectivity index (χ2v) is 6.96. The Hall–Kier alpha value is -0.610. The summed E-state index contributed by atoms with van der Waals surface area (Å²) in [5.74, 6) is 0. The van der Waals surface area contributed by atoms with Gasteiger partial charge in [0.2, 0.25) is 0 Å². The lowest BCUT2D eigenvalue weighted by molar-refractivity contribution is 0.108. The van der Waals surface area contributed by atoms with E-state index < -0.39 is 0 Å². The second kappa shape index (κ2) is 8.30. The molecule has 2 fully saturated rings. The van der Waals surface area contributed by atoms with Gasteiger partial charge in [-0.05, 0) is 36.8 Å². The van der Waals surface area contributed by atoms with Gasteiger partial charge in [-0.3, -0.25) is 4.90 Å². The molecule has 2 saturated heterocycles. The molecule has 2 aliphatic rings. The highest BCUT2D eigenvalue weighted by molar-refractivity contribution is 5.85. The predicted molar refractivity (Wildman–Crippen MR) is 93.8 cm³/mol. The number of benzene rings is 1. The van der Waals surface area contributed by atoms with Crippen molar-refractivity contribution in [2.24, 2.45) is 5.41 Å². The molecule has 3 rings (SSSR count). The fourth-order valence-corrected chi connectivity index (χ4v) is 3.61. The fourth-order valence-electron chi connectivity index (χ4n) is 3.61. The van der Waals surface area contributed by atoms with Gasteiger partial charge in [0, 0.05) is 32.3 Å². The van der Waals surface area contributed by atoms with Crippen molar-refractivity contribution in [2.45, 2.75) is 32.2 Å². The minimum atomic E-state index is 0. The first-order valence-electron chi connectivity index (χ1n) is 8.32. The van der Waals surface area contributed by atoms with Crippen LogP contribution < -0.4 is 5.32 Å². The Kier molecular flexibility index (Phi) is 6.69. The summed E-state index contributed by atoms with van der Waals surface area (Å²) < 4.78 is 5.63. The van der Waals surface area contributed by atoms with Crippen LogP contribution in [0.2, 0.25) is 0 Å². The monoisotopic (exact) mass is 324 g/mol. The number of nitrogens with one attached hydrogen (secondary N) is 1. The molecule has 0 aliphatic carbocycles. The van der Waals surface area contributed by atoms with E-state index in [-0.39, 0.29) is 12.4 Å². The third-order valence-corrected chi connectivity index (χ3v) is 4.99. The summed E-state index contributed by atoms with van der Waals surface area (Å²) in [6.07, 6.45) is 3.63. The first kappa shape index (κ1) is 17.7. The lowest BCUT2D eigenvalue weighted by atomic mass is 9.88. The summed E-state index contributed by atoms with van der Waals surface area (Å²) >= 11 is 0. The van der Waals surface area contributed by atoms with Crippen LogP contribution in [-0.4, -0.2) is 50.3 Å². The number of hydrogen-bond acceptors (Lipinski definition) is 3. The van der Waals surface area contributed by atoms with E-state index in [4.69, 9.17) is 4.74 Å². The smallest absolute Gasteiger partial charge is 0.0622 e. The molecule has 22 heavy (non-hydrogen) atoms. The van der Waals surface area contributed by atoms with Crippen molar-refractivity contribution < 1.29 is 4.74 Å². The van der Waals surface area contributed by atoms with E-state index in [1.165, 1.54) is 31.5 Å². The van der Waals surface area contributed by atoms with Crippen LogP contribution in [0.3, 0.4) is 0 Å². The van der Waals surface area contributed by atoms with E-state index in [9.17, 15) is 0 Å². The summed E-state index contributed by atoms with van der Waals surface area (Å²) in [7, 11) is 0. The maximum atomic E-state index is 5.63. The molecule has 3 nitrogen and oxygen atoms in total. The van der Waals surface area contributed by atoms with Crippen LogP contribution in [0.4, 0.5) is 0 Å². The van der Waals surface area contributed by atoms with Gasteiger partial charge in [0.1, 0.15) is 0 Å². The summed E-state index contributed by atoms with van der Waals surface area (Å²) in [5.41, 5.74) is 1.87. The molecule has 1 aromatic carbocycles. The topological polar surface area (TPSA) is 24.5 Å². The zero-order chi connectivity index (χ0) is 14.5. The van der Waals surface area contributed by atoms with Gasteiger partial charge in [0.05, 0.1) is 6.61 Å². The van der Waals surface area contributed by atoms with Crippen LogP contribution in [0.25, 0.3) is 0 Å². The van der Waals surface area contributed by atoms with E-state index in [1.807, 2.05) is 0 Å². The molecule has 4 heteroatoms. The second-order valence-electron chi connectivity index (χ2n) is 6.96. The Morgan fingerprint density at radius 2 is 2.14 bits per heavy atom. The Morgan fingerprint density at radius 1 is 1.32 bits per heavy atom. The van der Waals surface area contributed by atoms with Crippen molar-refractivity contribution in [3.05, 3.63) is 35.9 Å². The van der Waals surface area contributed by atoms with E-state index in [0.29, 0.717) is 11.5 Å². The van der Waals surface area contributed by atoms with E-state index in [0.717, 1.165) is 32.7 Å². The Balaban J connectivity index is 0.00000176. The summed E-state index contributed by atoms with van der Waals surface area (Å²) in [4.78, 5) is 2.69. The van der Waals surface area contributed by atoms with Crippen LogP contribution in [0.1, 0.15) is 25.3 Å². The maximum Gasteiger partial charge on any atom is 0.0622 e. The minimum Gasteiger partial charge on any atom is -0.380 e. The average Bonchev–Trinajstić information content (AvgIpc) is 3.16. The Bertz CT molecular complexity index is 428. The molecule has 2 aliphatic heterocycles. The van der Waals surface area contributed by atoms with Crippen molar-refractivity contribution in [2.75, 3.05) is 39.4 Å². The van der Waals surface area contributed by atoms with Crippen LogP contribution in [-0.2, 0) is 11.2 Å². The highest BCUT2D eigenvalue weighted by Crippen LogP contribution is 2.28. The Morgan fingerprint density at radius 3 is 2.77 bits per heavy atom. The molecular weight excluding hydrogens is 296 g/mol. The molecule has 0 radical (unpaired) electrons. The van der Waals surface area contributed by atoms with Crippen molar-refractivity contribution in [1.29, 1.82) is 0 Å². The number of nitrogens with zero attached hydrogens (tertiary/aromatic N) is 1. The van der Waals surface area contributed by atoms with Gasteiger partial charge in [-0.2, -0.15) is 0 Å². The molecule has 0 amide bonds. The van der Waals surface area contributed by atoms with Crippen molar-refractivity contribution >= 4 is 12.4 Å². The number of halogens is 1. The van der Waals surface area contributed by atoms with E-state index in [1.54, 1.807) is 0 Å². The van der Waals surface area contributed by atoms with Crippen molar-refractivity contribution in [1.82, 2.24) is 10.2 Å². The molecule has 2 unspecified atom stereocenters. The fraction of sp³-hybridized carbons (Fsp3) is 0.667. The van der Waals surface area contributed by atoms with Crippen molar-refractivity contribution in [3.8, 4) is 0 Å². The summed E-state index contributed by atoms with van der Waals surface area (Å²) in [6.45, 7) is 8.94. The van der Waals surface area contributed by atoms with Gasteiger partial charge in [0.15, 0.2) is 0 Å². The number of hydrogen-bond donors (Lipinski definition) is 1. The lowest BCUT2D eigenvalue weighted by Crippen LogP contribution is -2.44.